The number of hydrogen-bond acceptors (Lipinski definition) is 6. The van der Waals surface area contributed by atoms with Crippen molar-refractivity contribution < 1.29 is 9.84 Å². The lowest BCUT2D eigenvalue weighted by molar-refractivity contribution is 0.322. The third-order valence-electron chi connectivity index (χ3n) is 4.02. The quantitative estimate of drug-likeness (QED) is 0.607. The maximum Gasteiger partial charge on any atom is 0.188 e. The van der Waals surface area contributed by atoms with Crippen LogP contribution in [0, 0.1) is 0 Å². The van der Waals surface area contributed by atoms with Crippen LogP contribution in [0.1, 0.15) is 11.1 Å². The molecule has 3 rings (SSSR count). The van der Waals surface area contributed by atoms with E-state index in [9.17, 15) is 5.11 Å². The second kappa shape index (κ2) is 8.31. The Balaban J connectivity index is 1.66. The number of rotatable bonds is 7. The number of nitrogens with zero attached hydrogens (tertiary/aromatic N) is 2. The van der Waals surface area contributed by atoms with Gasteiger partial charge in [0.05, 0.1) is 6.61 Å². The van der Waals surface area contributed by atoms with Crippen molar-refractivity contribution in [3.8, 4) is 22.8 Å². The summed E-state index contributed by atoms with van der Waals surface area (Å²) in [7, 11) is 1.93. The Morgan fingerprint density at radius 2 is 1.77 bits per heavy atom. The molecule has 2 aromatic carbocycles. The Labute approximate surface area is 152 Å². The van der Waals surface area contributed by atoms with Gasteiger partial charge in [-0.25, -0.2) is 0 Å². The molecule has 3 aromatic rings. The first-order chi connectivity index (χ1) is 12.7. The fourth-order valence-corrected chi connectivity index (χ4v) is 2.63. The molecular formula is C20H22N4O2. The van der Waals surface area contributed by atoms with Crippen molar-refractivity contribution in [2.75, 3.05) is 19.4 Å². The number of anilines is 1. The smallest absolute Gasteiger partial charge is 0.188 e. The van der Waals surface area contributed by atoms with Gasteiger partial charge in [-0.05, 0) is 30.3 Å². The fourth-order valence-electron chi connectivity index (χ4n) is 2.63. The molecule has 1 aromatic heterocycles. The van der Waals surface area contributed by atoms with Gasteiger partial charge in [-0.15, -0.1) is 10.2 Å². The molecule has 6 heteroatoms. The number of hydrogen-bond donors (Lipinski definition) is 3. The zero-order chi connectivity index (χ0) is 18.4. The van der Waals surface area contributed by atoms with Gasteiger partial charge in [0.1, 0.15) is 11.4 Å². The van der Waals surface area contributed by atoms with Gasteiger partial charge >= 0.3 is 0 Å². The summed E-state index contributed by atoms with van der Waals surface area (Å²) in [4.78, 5) is 0. The molecule has 4 N–H and O–H groups in total. The number of ether oxygens (including phenoxy) is 1. The van der Waals surface area contributed by atoms with Crippen LogP contribution in [0.2, 0.25) is 0 Å². The van der Waals surface area contributed by atoms with Gasteiger partial charge in [0.2, 0.25) is 0 Å². The molecule has 134 valence electrons. The van der Waals surface area contributed by atoms with Gasteiger partial charge in [-0.3, -0.25) is 0 Å². The van der Waals surface area contributed by atoms with Gasteiger partial charge in [0.15, 0.2) is 11.6 Å². The molecule has 0 atom stereocenters. The lowest BCUT2D eigenvalue weighted by Gasteiger charge is -2.10. The maximum absolute atomic E-state index is 9.97. The number of phenols is 1. The van der Waals surface area contributed by atoms with Crippen LogP contribution in [-0.4, -0.2) is 29.0 Å². The van der Waals surface area contributed by atoms with Gasteiger partial charge in [-0.2, -0.15) is 0 Å². The predicted octanol–water partition coefficient (Wildman–Crippen LogP) is 2.77. The summed E-state index contributed by atoms with van der Waals surface area (Å²) in [6.45, 7) is 1.33. The highest BCUT2D eigenvalue weighted by atomic mass is 16.5. The van der Waals surface area contributed by atoms with E-state index in [-0.39, 0.29) is 11.6 Å². The van der Waals surface area contributed by atoms with Crippen LogP contribution in [0.4, 0.5) is 5.82 Å². The van der Waals surface area contributed by atoms with Crippen LogP contribution >= 0.6 is 0 Å². The summed E-state index contributed by atoms with van der Waals surface area (Å²) in [5, 5.41) is 21.1. The highest BCUT2D eigenvalue weighted by Crippen LogP contribution is 2.30. The van der Waals surface area contributed by atoms with E-state index in [0.717, 1.165) is 13.0 Å². The van der Waals surface area contributed by atoms with Crippen molar-refractivity contribution in [2.24, 2.45) is 0 Å². The minimum absolute atomic E-state index is 0.138. The molecule has 1 heterocycles. The van der Waals surface area contributed by atoms with Crippen molar-refractivity contribution in [2.45, 2.75) is 13.0 Å². The molecular weight excluding hydrogens is 328 g/mol. The first-order valence-electron chi connectivity index (χ1n) is 8.44. The normalized spacial score (nSPS) is 10.7. The SMILES string of the molecule is CNCc1ccc(CCOc2cc(-c3ccccc3O)nnc2N)cc1. The Bertz CT molecular complexity index is 866. The van der Waals surface area contributed by atoms with Crippen molar-refractivity contribution >= 4 is 5.82 Å². The number of para-hydroxylation sites is 1. The number of aromatic hydroxyl groups is 1. The first-order valence-corrected chi connectivity index (χ1v) is 8.44. The lowest BCUT2D eigenvalue weighted by atomic mass is 10.1. The molecule has 26 heavy (non-hydrogen) atoms. The van der Waals surface area contributed by atoms with Crippen molar-refractivity contribution in [1.82, 2.24) is 15.5 Å². The van der Waals surface area contributed by atoms with Crippen LogP contribution in [0.15, 0.2) is 54.6 Å². The topological polar surface area (TPSA) is 93.3 Å². The monoisotopic (exact) mass is 350 g/mol. The number of nitrogen functional groups attached to an aromatic ring is 1. The Hall–Kier alpha value is -3.12. The van der Waals surface area contributed by atoms with Crippen molar-refractivity contribution in [3.63, 3.8) is 0 Å². The number of aromatic nitrogens is 2. The molecule has 6 nitrogen and oxygen atoms in total. The van der Waals surface area contributed by atoms with Gasteiger partial charge in [0, 0.05) is 24.6 Å². The third kappa shape index (κ3) is 4.29. The number of benzene rings is 2. The van der Waals surface area contributed by atoms with Crippen LogP contribution in [-0.2, 0) is 13.0 Å². The largest absolute Gasteiger partial charge is 0.507 e. The summed E-state index contributed by atoms with van der Waals surface area (Å²) in [6.07, 6.45) is 0.757. The molecule has 0 bridgehead atoms. The van der Waals surface area contributed by atoms with E-state index < -0.39 is 0 Å². The number of phenolic OH excluding ortho intramolecular Hbond substituents is 1. The highest BCUT2D eigenvalue weighted by Gasteiger charge is 2.10. The summed E-state index contributed by atoms with van der Waals surface area (Å²) in [6, 6.07) is 17.0. The van der Waals surface area contributed by atoms with Crippen LogP contribution in [0.3, 0.4) is 0 Å². The molecule has 0 saturated heterocycles. The second-order valence-electron chi connectivity index (χ2n) is 5.94. The standard InChI is InChI=1S/C20H22N4O2/c1-22-13-15-8-6-14(7-9-15)10-11-26-19-12-17(23-24-20(19)21)16-4-2-3-5-18(16)25/h2-9,12,22,25H,10-11,13H2,1H3,(H2,21,24). The van der Waals surface area contributed by atoms with Crippen LogP contribution in [0.5, 0.6) is 11.5 Å². The van der Waals surface area contributed by atoms with E-state index in [4.69, 9.17) is 10.5 Å². The zero-order valence-corrected chi connectivity index (χ0v) is 14.6. The molecule has 0 radical (unpaired) electrons. The van der Waals surface area contributed by atoms with E-state index >= 15 is 0 Å². The summed E-state index contributed by atoms with van der Waals surface area (Å²) < 4.78 is 5.80. The number of nitrogens with one attached hydrogen (secondary N) is 1. The molecule has 0 fully saturated rings. The summed E-state index contributed by atoms with van der Waals surface area (Å²) in [5.74, 6) is 0.831. The van der Waals surface area contributed by atoms with Crippen molar-refractivity contribution in [3.05, 3.63) is 65.7 Å². The van der Waals surface area contributed by atoms with Gasteiger partial charge in [-0.1, -0.05) is 36.4 Å². The van der Waals surface area contributed by atoms with E-state index in [1.165, 1.54) is 11.1 Å². The Morgan fingerprint density at radius 3 is 2.50 bits per heavy atom. The predicted molar refractivity (Wildman–Crippen MR) is 102 cm³/mol. The molecule has 0 saturated carbocycles. The van der Waals surface area contributed by atoms with E-state index in [0.29, 0.717) is 23.6 Å². The maximum atomic E-state index is 9.97. The zero-order valence-electron chi connectivity index (χ0n) is 14.6. The Kier molecular flexibility index (Phi) is 5.66. The van der Waals surface area contributed by atoms with E-state index in [1.54, 1.807) is 24.3 Å². The summed E-state index contributed by atoms with van der Waals surface area (Å²) >= 11 is 0. The Morgan fingerprint density at radius 1 is 1.04 bits per heavy atom. The van der Waals surface area contributed by atoms with Gasteiger partial charge < -0.3 is 20.9 Å². The average molecular weight is 350 g/mol. The summed E-state index contributed by atoms with van der Waals surface area (Å²) in [5.41, 5.74) is 9.40. The molecule has 0 aliphatic rings. The first kappa shape index (κ1) is 17.7. The van der Waals surface area contributed by atoms with Gasteiger partial charge in [0.25, 0.3) is 0 Å². The van der Waals surface area contributed by atoms with E-state index in [2.05, 4.69) is 39.8 Å². The van der Waals surface area contributed by atoms with Crippen molar-refractivity contribution in [1.29, 1.82) is 0 Å². The molecule has 0 spiro atoms. The third-order valence-corrected chi connectivity index (χ3v) is 4.02. The molecule has 0 aliphatic heterocycles. The highest BCUT2D eigenvalue weighted by molar-refractivity contribution is 5.68. The molecule has 0 aliphatic carbocycles. The van der Waals surface area contributed by atoms with Crippen LogP contribution < -0.4 is 15.8 Å². The van der Waals surface area contributed by atoms with Crippen LogP contribution in [0.25, 0.3) is 11.3 Å². The molecule has 0 unspecified atom stereocenters. The fraction of sp³-hybridized carbons (Fsp3) is 0.200. The average Bonchev–Trinajstić information content (AvgIpc) is 2.65. The minimum Gasteiger partial charge on any atom is -0.507 e. The lowest BCUT2D eigenvalue weighted by Crippen LogP contribution is -2.07. The number of nitrogens with two attached hydrogens (primary N) is 1. The minimum atomic E-state index is 0.138. The molecule has 0 amide bonds. The van der Waals surface area contributed by atoms with E-state index in [1.807, 2.05) is 13.1 Å². The second-order valence-corrected chi connectivity index (χ2v) is 5.94.